The third-order valence-corrected chi connectivity index (χ3v) is 14.2. The molecule has 0 fully saturated rings. The van der Waals surface area contributed by atoms with Crippen molar-refractivity contribution in [3.05, 3.63) is 310 Å². The van der Waals surface area contributed by atoms with Crippen molar-refractivity contribution in [1.82, 2.24) is 15.2 Å². The third kappa shape index (κ3) is 12.1. The number of aromatic nitrogens is 3. The first-order valence-corrected chi connectivity index (χ1v) is 25.5. The summed E-state index contributed by atoms with van der Waals surface area (Å²) in [6.45, 7) is 1.25. The maximum absolute atomic E-state index is 6.50. The molecule has 8 heterocycles. The molecule has 0 saturated carbocycles. The van der Waals surface area contributed by atoms with E-state index in [-0.39, 0.29) is 88.4 Å². The zero-order valence-electron chi connectivity index (χ0n) is 43.6. The number of ether oxygens (including phenoxy) is 1. The quantitative estimate of drug-likeness (QED) is 0.0668. The molecule has 0 aliphatic carbocycles. The Morgan fingerprint density at radius 3 is 1.33 bits per heavy atom. The zero-order chi connectivity index (χ0) is 50.7. The molecule has 3 aromatic heterocycles. The summed E-state index contributed by atoms with van der Waals surface area (Å²) in [4.78, 5) is 23.8. The molecule has 0 unspecified atom stereocenters. The van der Waals surface area contributed by atoms with Crippen LogP contribution in [-0.4, -0.2) is 42.2 Å². The molecule has 396 valence electrons. The third-order valence-electron chi connectivity index (χ3n) is 14.2. The summed E-state index contributed by atoms with van der Waals surface area (Å²) in [6, 6.07) is 53.2. The molecule has 9 nitrogen and oxygen atoms in total. The number of pyridine rings is 2. The average Bonchev–Trinajstić information content (AvgIpc) is 4.53. The van der Waals surface area contributed by atoms with E-state index in [4.69, 9.17) is 24.7 Å². The van der Waals surface area contributed by atoms with Gasteiger partial charge in [0.1, 0.15) is 19.8 Å². The zero-order valence-corrected chi connectivity index (χ0v) is 51.1. The number of rotatable bonds is 12. The number of hydrogen-bond acceptors (Lipinski definition) is 6. The Kier molecular flexibility index (Phi) is 19.3. The number of hydrogen-bond donors (Lipinski definition) is 1. The van der Waals surface area contributed by atoms with Gasteiger partial charge in [0.05, 0.1) is 46.4 Å². The minimum Gasteiger partial charge on any atom is -1.00 e. The number of allylic oxidation sites excluding steroid dienone is 11. The van der Waals surface area contributed by atoms with Gasteiger partial charge in [-0.05, 0) is 124 Å². The van der Waals surface area contributed by atoms with Crippen LogP contribution in [0, 0.1) is 0 Å². The molecule has 8 bridgehead atoms. The number of aliphatic imine (C=N–C) groups is 3. The van der Waals surface area contributed by atoms with E-state index in [2.05, 4.69) is 243 Å². The summed E-state index contributed by atoms with van der Waals surface area (Å²) in [7, 11) is 6.08. The van der Waals surface area contributed by atoms with E-state index in [9.17, 15) is 0 Å². The largest absolute Gasteiger partial charge is 2.00 e. The van der Waals surface area contributed by atoms with Crippen molar-refractivity contribution >= 4 is 33.9 Å². The van der Waals surface area contributed by atoms with E-state index >= 15 is 0 Å². The van der Waals surface area contributed by atoms with Crippen molar-refractivity contribution < 1.29 is 102 Å². The van der Waals surface area contributed by atoms with Crippen molar-refractivity contribution in [2.24, 2.45) is 29.1 Å². The predicted molar refractivity (Wildman–Crippen MR) is 301 cm³/mol. The Morgan fingerprint density at radius 2 is 0.886 bits per heavy atom. The number of halogens is 3. The molecule has 0 spiro atoms. The van der Waals surface area contributed by atoms with Crippen LogP contribution in [0.25, 0.3) is 16.7 Å². The Bertz CT molecular complexity index is 3620. The van der Waals surface area contributed by atoms with Gasteiger partial charge in [-0.2, -0.15) is 0 Å². The van der Waals surface area contributed by atoms with E-state index < -0.39 is 5.54 Å². The normalized spacial score (nSPS) is 15.1. The fourth-order valence-electron chi connectivity index (χ4n) is 10.4. The molecule has 79 heavy (non-hydrogen) atoms. The minimum absolute atomic E-state index is 0. The van der Waals surface area contributed by atoms with E-state index in [0.717, 1.165) is 109 Å². The Morgan fingerprint density at radius 1 is 0.481 bits per heavy atom. The Hall–Kier alpha value is -6.63. The Balaban J connectivity index is 0.00000205. The smallest absolute Gasteiger partial charge is 1.00 e. The van der Waals surface area contributed by atoms with E-state index in [1.165, 1.54) is 16.7 Å². The van der Waals surface area contributed by atoms with Gasteiger partial charge in [0.15, 0.2) is 24.8 Å². The van der Waals surface area contributed by atoms with Crippen LogP contribution < -0.4 is 96.1 Å². The summed E-state index contributed by atoms with van der Waals surface area (Å²) in [5, 5.41) is 4.00. The van der Waals surface area contributed by atoms with Crippen LogP contribution in [0.5, 0.6) is 5.75 Å². The number of aryl methyl sites for hydroxylation is 2. The monoisotopic (exact) mass is 1410 g/mol. The SMILES string of the molecule is CN1C=CC(=C2C3=NC(=C(c4ccc(OCCCNC(c5ccccc5)(c5ccccc5)c5ccccc5)cc4)C4=NC(=C(c5cc[n+](C)cc5)c5ccc([n-]5)C(c5cc[n+](C)cc5)=C5C=CC2=N5)C=C4)C=C3)C=C1.[I-].[I-].[I-].[Ni+2]. The summed E-state index contributed by atoms with van der Waals surface area (Å²) in [6.07, 6.45) is 30.1. The molecule has 0 saturated heterocycles. The predicted octanol–water partition coefficient (Wildman–Crippen LogP) is 1.90. The summed E-state index contributed by atoms with van der Waals surface area (Å²) < 4.78 is 10.6. The first-order valence-electron chi connectivity index (χ1n) is 25.5. The molecule has 5 aliphatic rings. The molecule has 13 heteroatoms. The van der Waals surface area contributed by atoms with Gasteiger partial charge in [-0.15, -0.1) is 11.4 Å². The fourth-order valence-corrected chi connectivity index (χ4v) is 10.4. The summed E-state index contributed by atoms with van der Waals surface area (Å²) in [5.41, 5.74) is 17.3. The van der Waals surface area contributed by atoms with Gasteiger partial charge in [0, 0.05) is 54.9 Å². The van der Waals surface area contributed by atoms with Gasteiger partial charge in [-0.25, -0.2) is 24.1 Å². The van der Waals surface area contributed by atoms with Crippen molar-refractivity contribution in [2.75, 3.05) is 20.2 Å². The van der Waals surface area contributed by atoms with Crippen LogP contribution in [0.2, 0.25) is 0 Å². The second-order valence-electron chi connectivity index (χ2n) is 19.1. The number of nitrogens with zero attached hydrogens (tertiary/aromatic N) is 7. The molecule has 12 rings (SSSR count). The fraction of sp³-hybridized carbons (Fsp3) is 0.106. The molecule has 0 atom stereocenters. The minimum atomic E-state index is -0.541. The molecule has 1 N–H and O–H groups in total. The Labute approximate surface area is 523 Å². The number of benzene rings is 4. The van der Waals surface area contributed by atoms with Gasteiger partial charge in [-0.3, -0.25) is 5.32 Å². The molecular weight excluding hydrogens is 1360 g/mol. The van der Waals surface area contributed by atoms with Crippen molar-refractivity contribution in [3.8, 4) is 5.75 Å². The van der Waals surface area contributed by atoms with Crippen molar-refractivity contribution in [1.29, 1.82) is 0 Å². The molecule has 5 aliphatic heterocycles. The van der Waals surface area contributed by atoms with Gasteiger partial charge in [0.25, 0.3) is 0 Å². The van der Waals surface area contributed by atoms with E-state index in [1.807, 2.05) is 35.2 Å². The number of nitrogens with one attached hydrogen (secondary N) is 1. The van der Waals surface area contributed by atoms with Gasteiger partial charge in [-0.1, -0.05) is 115 Å². The first kappa shape index (κ1) is 58.5. The van der Waals surface area contributed by atoms with Gasteiger partial charge >= 0.3 is 16.5 Å². The van der Waals surface area contributed by atoms with Crippen LogP contribution in [0.3, 0.4) is 0 Å². The molecule has 7 aromatic rings. The maximum Gasteiger partial charge on any atom is 2.00 e. The van der Waals surface area contributed by atoms with Gasteiger partial charge in [0.2, 0.25) is 0 Å². The van der Waals surface area contributed by atoms with Crippen LogP contribution in [0.15, 0.2) is 281 Å². The standard InChI is InChI=1S/C66H55N8O.3HI.Ni/c1-72-39-32-47(33-40-72)63-56-26-24-54(68-56)62(46-20-22-53(23-21-46)75-45-13-38-67-66(50-14-7-4-8-15-50,51-16-9-5-10-17-51)52-18-11-6-12-19-52)55-25-27-57(69-55)64(48-34-41-73(2)42-35-48)59-29-31-61(71-59)65(60-30-28-58(63)70-60)49-36-43-74(3)44-37-49;;;;/h4-12,14-37,39-44,67H,13,38,45H2,1-3H3;3*1H;/q+1;;;;+2/p-3. The molecule has 0 amide bonds. The molecule has 0 radical (unpaired) electrons. The second kappa shape index (κ2) is 26.1. The first-order chi connectivity index (χ1) is 36.9. The van der Waals surface area contributed by atoms with Crippen molar-refractivity contribution in [3.63, 3.8) is 0 Å². The molecule has 4 aromatic carbocycles. The molecular formula is C66H55I3N8NiO. The average molecular weight is 1420 g/mol. The van der Waals surface area contributed by atoms with Crippen LogP contribution >= 0.6 is 0 Å². The van der Waals surface area contributed by atoms with Crippen LogP contribution in [0.1, 0.15) is 51.2 Å². The van der Waals surface area contributed by atoms with E-state index in [1.54, 1.807) is 0 Å². The maximum atomic E-state index is 6.50. The second-order valence-corrected chi connectivity index (χ2v) is 19.1. The topological polar surface area (TPSA) is 83.4 Å². The van der Waals surface area contributed by atoms with Crippen LogP contribution in [-0.2, 0) is 36.1 Å². The van der Waals surface area contributed by atoms with Gasteiger partial charge < -0.3 is 86.6 Å². The van der Waals surface area contributed by atoms with E-state index in [0.29, 0.717) is 6.61 Å². The summed E-state index contributed by atoms with van der Waals surface area (Å²) in [5.74, 6) is 0.790. The van der Waals surface area contributed by atoms with Crippen molar-refractivity contribution in [2.45, 2.75) is 12.0 Å². The van der Waals surface area contributed by atoms with Crippen LogP contribution in [0.4, 0.5) is 0 Å². The number of fused-ring (bicyclic) bond motifs is 5. The summed E-state index contributed by atoms with van der Waals surface area (Å²) >= 11 is 0.